The van der Waals surface area contributed by atoms with Crippen LogP contribution in [-0.4, -0.2) is 55.0 Å². The first kappa shape index (κ1) is 15.0. The molecule has 0 spiro atoms. The van der Waals surface area contributed by atoms with Crippen LogP contribution in [0.3, 0.4) is 0 Å². The zero-order valence-corrected chi connectivity index (χ0v) is 13.6. The lowest BCUT2D eigenvalue weighted by molar-refractivity contribution is -0.137. The van der Waals surface area contributed by atoms with E-state index in [4.69, 9.17) is 0 Å². The molecular formula is C16H25N3OS. The number of carbonyl (C=O) groups excluding carboxylic acids is 1. The predicted octanol–water partition coefficient (Wildman–Crippen LogP) is 1.64. The van der Waals surface area contributed by atoms with Crippen LogP contribution in [0.5, 0.6) is 0 Å². The van der Waals surface area contributed by atoms with Gasteiger partial charge in [0.25, 0.3) is 0 Å². The Morgan fingerprint density at radius 2 is 2.24 bits per heavy atom. The van der Waals surface area contributed by atoms with Gasteiger partial charge in [0.1, 0.15) is 0 Å². The molecule has 5 heteroatoms. The van der Waals surface area contributed by atoms with E-state index in [1.54, 1.807) is 0 Å². The van der Waals surface area contributed by atoms with Gasteiger partial charge >= 0.3 is 0 Å². The Morgan fingerprint density at radius 3 is 2.90 bits per heavy atom. The number of carbonyl (C=O) groups is 1. The minimum absolute atomic E-state index is 0.176. The summed E-state index contributed by atoms with van der Waals surface area (Å²) in [6, 6.07) is 4.31. The van der Waals surface area contributed by atoms with Gasteiger partial charge in [-0.1, -0.05) is 13.0 Å². The largest absolute Gasteiger partial charge is 0.341 e. The monoisotopic (exact) mass is 307 g/mol. The van der Waals surface area contributed by atoms with Crippen molar-refractivity contribution in [3.8, 4) is 0 Å². The summed E-state index contributed by atoms with van der Waals surface area (Å²) in [5.41, 5.74) is 0. The third-order valence-corrected chi connectivity index (χ3v) is 5.63. The molecule has 2 aliphatic rings. The van der Waals surface area contributed by atoms with Crippen LogP contribution >= 0.6 is 11.3 Å². The number of nitrogens with one attached hydrogen (secondary N) is 1. The van der Waals surface area contributed by atoms with E-state index < -0.39 is 0 Å². The molecule has 116 valence electrons. The smallest absolute Gasteiger partial charge is 0.225 e. The molecule has 2 fully saturated rings. The van der Waals surface area contributed by atoms with Crippen LogP contribution in [0.2, 0.25) is 0 Å². The Morgan fingerprint density at radius 1 is 1.38 bits per heavy atom. The molecule has 1 aromatic rings. The van der Waals surface area contributed by atoms with Crippen molar-refractivity contribution in [2.75, 3.05) is 39.3 Å². The van der Waals surface area contributed by atoms with Crippen molar-refractivity contribution in [2.24, 2.45) is 11.8 Å². The standard InChI is InChI=1S/C16H25N3OS/c1-13(14-10-17-11-14)16(20)19-6-3-5-18(7-8-19)12-15-4-2-9-21-15/h2,4,9,13-14,17H,3,5-8,10-12H2,1H3. The quantitative estimate of drug-likeness (QED) is 0.918. The van der Waals surface area contributed by atoms with Crippen molar-refractivity contribution in [3.05, 3.63) is 22.4 Å². The van der Waals surface area contributed by atoms with Crippen molar-refractivity contribution in [1.29, 1.82) is 0 Å². The SMILES string of the molecule is CC(C(=O)N1CCCN(Cc2cccs2)CC1)C1CNC1. The maximum atomic E-state index is 12.6. The molecule has 3 rings (SSSR count). The molecule has 1 aromatic heterocycles. The molecule has 2 saturated heterocycles. The van der Waals surface area contributed by atoms with Gasteiger partial charge in [-0.15, -0.1) is 11.3 Å². The molecule has 0 aromatic carbocycles. The van der Waals surface area contributed by atoms with Crippen molar-refractivity contribution in [1.82, 2.24) is 15.1 Å². The van der Waals surface area contributed by atoms with Gasteiger partial charge in [0.15, 0.2) is 0 Å². The average Bonchev–Trinajstić information content (AvgIpc) is 2.81. The molecule has 4 nitrogen and oxygen atoms in total. The molecule has 2 aliphatic heterocycles. The van der Waals surface area contributed by atoms with Crippen LogP contribution < -0.4 is 5.32 Å². The summed E-state index contributed by atoms with van der Waals surface area (Å²) in [5, 5.41) is 5.40. The second-order valence-corrected chi connectivity index (χ2v) is 7.27. The maximum absolute atomic E-state index is 12.6. The fourth-order valence-electron chi connectivity index (χ4n) is 3.13. The third kappa shape index (κ3) is 3.65. The molecule has 0 radical (unpaired) electrons. The Labute approximate surface area is 131 Å². The van der Waals surface area contributed by atoms with E-state index >= 15 is 0 Å². The first-order valence-electron chi connectivity index (χ1n) is 7.98. The number of nitrogens with zero attached hydrogens (tertiary/aromatic N) is 2. The van der Waals surface area contributed by atoms with E-state index in [1.165, 1.54) is 4.88 Å². The molecule has 1 N–H and O–H groups in total. The van der Waals surface area contributed by atoms with Crippen molar-refractivity contribution < 1.29 is 4.79 Å². The summed E-state index contributed by atoms with van der Waals surface area (Å²) in [6.45, 7) is 9.04. The molecule has 1 amide bonds. The van der Waals surface area contributed by atoms with Gasteiger partial charge in [-0.2, -0.15) is 0 Å². The minimum Gasteiger partial charge on any atom is -0.341 e. The van der Waals surface area contributed by atoms with Crippen LogP contribution in [0.4, 0.5) is 0 Å². The van der Waals surface area contributed by atoms with Gasteiger partial charge in [-0.3, -0.25) is 9.69 Å². The topological polar surface area (TPSA) is 35.6 Å². The molecular weight excluding hydrogens is 282 g/mol. The van der Waals surface area contributed by atoms with Gasteiger partial charge < -0.3 is 10.2 Å². The Kier molecular flexibility index (Phi) is 4.93. The summed E-state index contributed by atoms with van der Waals surface area (Å²) in [7, 11) is 0. The summed E-state index contributed by atoms with van der Waals surface area (Å²) in [4.78, 5) is 18.6. The normalized spacial score (nSPS) is 22.6. The van der Waals surface area contributed by atoms with Gasteiger partial charge in [0.05, 0.1) is 0 Å². The molecule has 0 bridgehead atoms. The van der Waals surface area contributed by atoms with Crippen LogP contribution in [0.25, 0.3) is 0 Å². The summed E-state index contributed by atoms with van der Waals surface area (Å²) in [6.07, 6.45) is 1.09. The van der Waals surface area contributed by atoms with Crippen LogP contribution in [0, 0.1) is 11.8 Å². The second kappa shape index (κ2) is 6.90. The predicted molar refractivity (Wildman–Crippen MR) is 86.3 cm³/mol. The summed E-state index contributed by atoms with van der Waals surface area (Å²) in [5.74, 6) is 1.08. The lowest BCUT2D eigenvalue weighted by atomic mass is 9.88. The zero-order chi connectivity index (χ0) is 14.7. The van der Waals surface area contributed by atoms with E-state index in [1.807, 2.05) is 11.3 Å². The Hall–Kier alpha value is -0.910. The molecule has 0 saturated carbocycles. The Bertz CT molecular complexity index is 458. The van der Waals surface area contributed by atoms with Crippen LogP contribution in [-0.2, 0) is 11.3 Å². The number of thiophene rings is 1. The molecule has 3 heterocycles. The molecule has 1 atom stereocenters. The third-order valence-electron chi connectivity index (χ3n) is 4.77. The van der Waals surface area contributed by atoms with Crippen LogP contribution in [0.15, 0.2) is 17.5 Å². The lowest BCUT2D eigenvalue weighted by Gasteiger charge is -2.34. The maximum Gasteiger partial charge on any atom is 0.225 e. The van der Waals surface area contributed by atoms with E-state index in [2.05, 4.69) is 39.6 Å². The average molecular weight is 307 g/mol. The van der Waals surface area contributed by atoms with E-state index in [0.29, 0.717) is 11.8 Å². The molecule has 0 aliphatic carbocycles. The molecule has 21 heavy (non-hydrogen) atoms. The number of hydrogen-bond acceptors (Lipinski definition) is 4. The van der Waals surface area contributed by atoms with Crippen molar-refractivity contribution in [3.63, 3.8) is 0 Å². The van der Waals surface area contributed by atoms with E-state index in [-0.39, 0.29) is 5.92 Å². The van der Waals surface area contributed by atoms with E-state index in [0.717, 1.165) is 52.2 Å². The second-order valence-electron chi connectivity index (χ2n) is 6.24. The summed E-state index contributed by atoms with van der Waals surface area (Å²) < 4.78 is 0. The van der Waals surface area contributed by atoms with Gasteiger partial charge in [0.2, 0.25) is 5.91 Å². The van der Waals surface area contributed by atoms with Gasteiger partial charge in [-0.25, -0.2) is 0 Å². The first-order chi connectivity index (χ1) is 10.2. The van der Waals surface area contributed by atoms with E-state index in [9.17, 15) is 4.79 Å². The zero-order valence-electron chi connectivity index (χ0n) is 12.8. The number of hydrogen-bond donors (Lipinski definition) is 1. The van der Waals surface area contributed by atoms with Crippen molar-refractivity contribution >= 4 is 17.2 Å². The summed E-state index contributed by atoms with van der Waals surface area (Å²) >= 11 is 1.82. The highest BCUT2D eigenvalue weighted by Crippen LogP contribution is 2.20. The first-order valence-corrected chi connectivity index (χ1v) is 8.86. The minimum atomic E-state index is 0.176. The van der Waals surface area contributed by atoms with Gasteiger partial charge in [0, 0.05) is 43.5 Å². The number of rotatable bonds is 4. The van der Waals surface area contributed by atoms with Crippen molar-refractivity contribution in [2.45, 2.75) is 19.9 Å². The fraction of sp³-hybridized carbons (Fsp3) is 0.688. The molecule has 1 unspecified atom stereocenters. The fourth-order valence-corrected chi connectivity index (χ4v) is 3.87. The highest BCUT2D eigenvalue weighted by molar-refractivity contribution is 7.09. The van der Waals surface area contributed by atoms with Gasteiger partial charge in [-0.05, 0) is 36.9 Å². The number of amides is 1. The Balaban J connectivity index is 1.51. The highest BCUT2D eigenvalue weighted by atomic mass is 32.1. The highest BCUT2D eigenvalue weighted by Gasteiger charge is 2.32. The lowest BCUT2D eigenvalue weighted by Crippen LogP contribution is -2.50. The van der Waals surface area contributed by atoms with Crippen LogP contribution in [0.1, 0.15) is 18.2 Å².